The van der Waals surface area contributed by atoms with Crippen molar-refractivity contribution in [1.82, 2.24) is 4.98 Å². The maximum Gasteiger partial charge on any atom is 0.182 e. The molecule has 1 aromatic heterocycles. The number of rotatable bonds is 5. The molecule has 0 aliphatic carbocycles. The Balaban J connectivity index is 1.88. The van der Waals surface area contributed by atoms with Gasteiger partial charge < -0.3 is 10.6 Å². The molecule has 0 saturated heterocycles. The summed E-state index contributed by atoms with van der Waals surface area (Å²) < 4.78 is 0. The minimum atomic E-state index is 0.560. The molecule has 3 nitrogen and oxygen atoms in total. The molecule has 0 radical (unpaired) electrons. The largest absolute Gasteiger partial charge is 0.375 e. The van der Waals surface area contributed by atoms with Gasteiger partial charge in [0.05, 0.1) is 0 Å². The van der Waals surface area contributed by atoms with Crippen molar-refractivity contribution in [2.45, 2.75) is 19.3 Å². The second kappa shape index (κ2) is 5.87. The third-order valence-corrected chi connectivity index (χ3v) is 3.83. The summed E-state index contributed by atoms with van der Waals surface area (Å²) in [6.45, 7) is 3.25. The second-order valence-electron chi connectivity index (χ2n) is 4.57. The molecule has 2 rings (SSSR count). The summed E-state index contributed by atoms with van der Waals surface area (Å²) in [5.41, 5.74) is 7.04. The van der Waals surface area contributed by atoms with Crippen LogP contribution in [0.4, 0.5) is 10.9 Å². The van der Waals surface area contributed by atoms with Crippen molar-refractivity contribution in [2.75, 3.05) is 24.2 Å². The Morgan fingerprint density at radius 2 is 2.06 bits per heavy atom. The fraction of sp³-hybridized carbons (Fsp3) is 0.357. The number of anilines is 2. The van der Waals surface area contributed by atoms with Gasteiger partial charge in [0.1, 0.15) is 5.82 Å². The van der Waals surface area contributed by atoms with Crippen LogP contribution < -0.4 is 10.6 Å². The van der Waals surface area contributed by atoms with E-state index in [-0.39, 0.29) is 0 Å². The summed E-state index contributed by atoms with van der Waals surface area (Å²) in [6.07, 6.45) is 1.11. The summed E-state index contributed by atoms with van der Waals surface area (Å²) in [6, 6.07) is 10.6. The maximum atomic E-state index is 5.64. The Morgan fingerprint density at radius 1 is 1.33 bits per heavy atom. The van der Waals surface area contributed by atoms with Gasteiger partial charge in [-0.2, -0.15) is 0 Å². The molecule has 96 valence electrons. The van der Waals surface area contributed by atoms with Crippen LogP contribution in [0.3, 0.4) is 0 Å². The molecule has 2 aromatic rings. The zero-order valence-electron chi connectivity index (χ0n) is 10.8. The lowest BCUT2D eigenvalue weighted by Crippen LogP contribution is -2.20. The molecule has 0 spiro atoms. The molecule has 1 unspecified atom stereocenters. The highest BCUT2D eigenvalue weighted by Gasteiger charge is 2.09. The van der Waals surface area contributed by atoms with E-state index in [0.29, 0.717) is 11.0 Å². The number of nitrogens with two attached hydrogens (primary N) is 1. The highest BCUT2D eigenvalue weighted by Crippen LogP contribution is 2.22. The number of benzene rings is 1. The molecule has 0 aliphatic heterocycles. The van der Waals surface area contributed by atoms with E-state index < -0.39 is 0 Å². The lowest BCUT2D eigenvalue weighted by Gasteiger charge is -2.19. The maximum absolute atomic E-state index is 5.64. The number of nitrogens with zero attached hydrogens (tertiary/aromatic N) is 2. The monoisotopic (exact) mass is 261 g/mol. The van der Waals surface area contributed by atoms with E-state index in [0.717, 1.165) is 18.8 Å². The third kappa shape index (κ3) is 3.23. The molecular formula is C14H19N3S. The molecule has 0 bridgehead atoms. The van der Waals surface area contributed by atoms with Crippen molar-refractivity contribution >= 4 is 22.3 Å². The van der Waals surface area contributed by atoms with Crippen LogP contribution in [0.5, 0.6) is 0 Å². The molecule has 1 aromatic carbocycles. The molecule has 0 fully saturated rings. The van der Waals surface area contributed by atoms with Crippen molar-refractivity contribution in [2.24, 2.45) is 0 Å². The minimum Gasteiger partial charge on any atom is -0.375 e. The lowest BCUT2D eigenvalue weighted by molar-refractivity contribution is 0.668. The predicted molar refractivity (Wildman–Crippen MR) is 79.3 cm³/mol. The first-order chi connectivity index (χ1) is 8.66. The van der Waals surface area contributed by atoms with E-state index in [4.69, 9.17) is 5.73 Å². The molecule has 1 heterocycles. The van der Waals surface area contributed by atoms with Gasteiger partial charge in [0.2, 0.25) is 0 Å². The van der Waals surface area contributed by atoms with Gasteiger partial charge in [0, 0.05) is 19.0 Å². The molecule has 2 N–H and O–H groups in total. The first-order valence-electron chi connectivity index (χ1n) is 6.14. The first kappa shape index (κ1) is 12.9. The minimum absolute atomic E-state index is 0.560. The number of nitrogen functional groups attached to an aromatic ring is 1. The molecule has 0 amide bonds. The highest BCUT2D eigenvalue weighted by molar-refractivity contribution is 7.13. The van der Waals surface area contributed by atoms with Gasteiger partial charge in [-0.15, -0.1) is 11.3 Å². The van der Waals surface area contributed by atoms with Crippen LogP contribution in [0.2, 0.25) is 0 Å². The molecule has 0 saturated carbocycles. The van der Waals surface area contributed by atoms with Crippen LogP contribution in [0.1, 0.15) is 24.8 Å². The molecule has 4 heteroatoms. The van der Waals surface area contributed by atoms with E-state index in [9.17, 15) is 0 Å². The van der Waals surface area contributed by atoms with E-state index in [1.54, 1.807) is 0 Å². The van der Waals surface area contributed by atoms with Gasteiger partial charge in [-0.3, -0.25) is 0 Å². The van der Waals surface area contributed by atoms with Gasteiger partial charge in [0.25, 0.3) is 0 Å². The van der Waals surface area contributed by atoms with Gasteiger partial charge in [-0.1, -0.05) is 37.3 Å². The van der Waals surface area contributed by atoms with Gasteiger partial charge in [-0.25, -0.2) is 4.98 Å². The van der Waals surface area contributed by atoms with Crippen molar-refractivity contribution in [3.63, 3.8) is 0 Å². The van der Waals surface area contributed by atoms with E-state index in [2.05, 4.69) is 54.2 Å². The molecular weight excluding hydrogens is 242 g/mol. The average Bonchev–Trinajstić information content (AvgIpc) is 2.83. The van der Waals surface area contributed by atoms with Crippen molar-refractivity contribution in [3.8, 4) is 0 Å². The van der Waals surface area contributed by atoms with Crippen LogP contribution >= 0.6 is 11.3 Å². The summed E-state index contributed by atoms with van der Waals surface area (Å²) in [5, 5.41) is 2.63. The lowest BCUT2D eigenvalue weighted by atomic mass is 9.98. The Labute approximate surface area is 112 Å². The van der Waals surface area contributed by atoms with Crippen LogP contribution in [0.25, 0.3) is 0 Å². The number of hydrogen-bond acceptors (Lipinski definition) is 4. The van der Waals surface area contributed by atoms with Gasteiger partial charge in [-0.05, 0) is 17.9 Å². The van der Waals surface area contributed by atoms with Gasteiger partial charge in [0.15, 0.2) is 5.13 Å². The van der Waals surface area contributed by atoms with Crippen LogP contribution in [0.15, 0.2) is 35.7 Å². The summed E-state index contributed by atoms with van der Waals surface area (Å²) >= 11 is 1.49. The van der Waals surface area contributed by atoms with Crippen LogP contribution in [-0.2, 0) is 0 Å². The normalized spacial score (nSPS) is 12.3. The standard InChI is InChI=1S/C14H19N3S/c1-11(12-6-4-3-5-7-12)8-9-17(2)13-10-18-14(15)16-13/h3-7,10-11H,8-9H2,1-2H3,(H2,15,16). The third-order valence-electron chi connectivity index (χ3n) is 3.17. The zero-order valence-corrected chi connectivity index (χ0v) is 11.7. The highest BCUT2D eigenvalue weighted by atomic mass is 32.1. The fourth-order valence-electron chi connectivity index (χ4n) is 1.90. The second-order valence-corrected chi connectivity index (χ2v) is 5.46. The Morgan fingerprint density at radius 3 is 2.67 bits per heavy atom. The van der Waals surface area contributed by atoms with Crippen LogP contribution in [-0.4, -0.2) is 18.6 Å². The molecule has 0 aliphatic rings. The van der Waals surface area contributed by atoms with Gasteiger partial charge >= 0.3 is 0 Å². The Kier molecular flexibility index (Phi) is 4.20. The van der Waals surface area contributed by atoms with Crippen LogP contribution in [0, 0.1) is 0 Å². The predicted octanol–water partition coefficient (Wildman–Crippen LogP) is 3.36. The summed E-state index contributed by atoms with van der Waals surface area (Å²) in [5.74, 6) is 1.53. The zero-order chi connectivity index (χ0) is 13.0. The fourth-order valence-corrected chi connectivity index (χ4v) is 2.51. The van der Waals surface area contributed by atoms with E-state index in [1.807, 2.05) is 5.38 Å². The quantitative estimate of drug-likeness (QED) is 0.897. The van der Waals surface area contributed by atoms with E-state index in [1.165, 1.54) is 16.9 Å². The first-order valence-corrected chi connectivity index (χ1v) is 7.02. The van der Waals surface area contributed by atoms with Crippen molar-refractivity contribution in [3.05, 3.63) is 41.3 Å². The Hall–Kier alpha value is -1.55. The number of aromatic nitrogens is 1. The smallest absolute Gasteiger partial charge is 0.182 e. The van der Waals surface area contributed by atoms with Crippen molar-refractivity contribution in [1.29, 1.82) is 0 Å². The topological polar surface area (TPSA) is 42.1 Å². The molecule has 18 heavy (non-hydrogen) atoms. The SMILES string of the molecule is CC(CCN(C)c1csc(N)n1)c1ccccc1. The number of hydrogen-bond donors (Lipinski definition) is 1. The van der Waals surface area contributed by atoms with E-state index >= 15 is 0 Å². The summed E-state index contributed by atoms with van der Waals surface area (Å²) in [4.78, 5) is 6.44. The summed E-state index contributed by atoms with van der Waals surface area (Å²) in [7, 11) is 2.06. The van der Waals surface area contributed by atoms with Crippen molar-refractivity contribution < 1.29 is 0 Å². The molecule has 1 atom stereocenters. The average molecular weight is 261 g/mol. The number of thiazole rings is 1. The Bertz CT molecular complexity index is 481.